The van der Waals surface area contributed by atoms with Crippen molar-refractivity contribution in [2.75, 3.05) is 0 Å². The smallest absolute Gasteiger partial charge is 0.311 e. The van der Waals surface area contributed by atoms with Gasteiger partial charge in [0.25, 0.3) is 0 Å². The van der Waals surface area contributed by atoms with Crippen LogP contribution in [0.2, 0.25) is 0 Å². The van der Waals surface area contributed by atoms with Crippen LogP contribution in [0.3, 0.4) is 0 Å². The van der Waals surface area contributed by atoms with Gasteiger partial charge in [0, 0.05) is 11.3 Å². The molecule has 2 aromatic rings. The quantitative estimate of drug-likeness (QED) is 0.581. The summed E-state index contributed by atoms with van der Waals surface area (Å²) in [4.78, 5) is 25.2. The van der Waals surface area contributed by atoms with E-state index in [4.69, 9.17) is 6.42 Å². The second-order valence-corrected chi connectivity index (χ2v) is 7.52. The SMILES string of the molecule is C#CCc1ccc(CC(C(=O)O)c2cc(C(C)=O)sc2C(C)C)cc1. The Morgan fingerprint density at radius 3 is 2.28 bits per heavy atom. The number of thiophene rings is 1. The van der Waals surface area contributed by atoms with E-state index in [0.29, 0.717) is 17.7 Å². The van der Waals surface area contributed by atoms with Crippen LogP contribution in [0.5, 0.6) is 0 Å². The summed E-state index contributed by atoms with van der Waals surface area (Å²) in [5.74, 6) is 1.20. The van der Waals surface area contributed by atoms with Crippen LogP contribution in [-0.4, -0.2) is 16.9 Å². The third kappa shape index (κ3) is 4.58. The van der Waals surface area contributed by atoms with Crippen molar-refractivity contribution in [2.24, 2.45) is 0 Å². The van der Waals surface area contributed by atoms with Crippen molar-refractivity contribution in [1.29, 1.82) is 0 Å². The first kappa shape index (κ1) is 19.0. The highest BCUT2D eigenvalue weighted by molar-refractivity contribution is 7.14. The number of hydrogen-bond acceptors (Lipinski definition) is 3. The molecule has 3 nitrogen and oxygen atoms in total. The molecular formula is C21H22O3S. The predicted octanol–water partition coefficient (Wildman–Crippen LogP) is 4.66. The standard InChI is InChI=1S/C21H22O3S/c1-5-6-15-7-9-16(10-8-15)11-18(21(23)24)17-12-19(14(4)22)25-20(17)13(2)3/h1,7-10,12-13,18H,6,11H2,2-4H3,(H,23,24). The molecule has 0 spiro atoms. The number of carbonyl (C=O) groups excluding carboxylic acids is 1. The lowest BCUT2D eigenvalue weighted by molar-refractivity contribution is -0.138. The minimum Gasteiger partial charge on any atom is -0.481 e. The number of rotatable bonds is 7. The Balaban J connectivity index is 2.37. The summed E-state index contributed by atoms with van der Waals surface area (Å²) in [6.07, 6.45) is 6.26. The molecule has 0 saturated heterocycles. The molecule has 0 radical (unpaired) electrons. The van der Waals surface area contributed by atoms with E-state index in [2.05, 4.69) is 5.92 Å². The average molecular weight is 354 g/mol. The van der Waals surface area contributed by atoms with Crippen LogP contribution in [0, 0.1) is 12.3 Å². The topological polar surface area (TPSA) is 54.4 Å². The summed E-state index contributed by atoms with van der Waals surface area (Å²) < 4.78 is 0. The molecule has 2 rings (SSSR count). The minimum atomic E-state index is -0.873. The maximum absolute atomic E-state index is 11.9. The Kier molecular flexibility index (Phi) is 6.17. The number of carboxylic acid groups (broad SMARTS) is 1. The van der Waals surface area contributed by atoms with Gasteiger partial charge in [-0.05, 0) is 42.0 Å². The highest BCUT2D eigenvalue weighted by Crippen LogP contribution is 2.36. The van der Waals surface area contributed by atoms with E-state index >= 15 is 0 Å². The molecule has 1 unspecified atom stereocenters. The molecular weight excluding hydrogens is 332 g/mol. The summed E-state index contributed by atoms with van der Waals surface area (Å²) in [5.41, 5.74) is 2.74. The lowest BCUT2D eigenvalue weighted by Gasteiger charge is -2.15. The summed E-state index contributed by atoms with van der Waals surface area (Å²) in [6.45, 7) is 5.55. The van der Waals surface area contributed by atoms with Crippen LogP contribution < -0.4 is 0 Å². The van der Waals surface area contributed by atoms with Crippen molar-refractivity contribution in [3.63, 3.8) is 0 Å². The van der Waals surface area contributed by atoms with Crippen LogP contribution in [0.4, 0.5) is 0 Å². The van der Waals surface area contributed by atoms with Gasteiger partial charge in [-0.1, -0.05) is 38.1 Å². The zero-order valence-corrected chi connectivity index (χ0v) is 15.5. The summed E-state index contributed by atoms with van der Waals surface area (Å²) >= 11 is 1.41. The fourth-order valence-electron chi connectivity index (χ4n) is 2.79. The number of aliphatic carboxylic acids is 1. The van der Waals surface area contributed by atoms with Gasteiger partial charge in [0.1, 0.15) is 0 Å². The Bertz CT molecular complexity index is 807. The second kappa shape index (κ2) is 8.13. The number of carboxylic acids is 1. The number of carbonyl (C=O) groups is 2. The van der Waals surface area contributed by atoms with Crippen molar-refractivity contribution in [3.05, 3.63) is 56.8 Å². The van der Waals surface area contributed by atoms with E-state index in [1.807, 2.05) is 38.1 Å². The van der Waals surface area contributed by atoms with E-state index in [1.165, 1.54) is 18.3 Å². The molecule has 1 aromatic heterocycles. The van der Waals surface area contributed by atoms with Crippen molar-refractivity contribution < 1.29 is 14.7 Å². The molecule has 0 saturated carbocycles. The molecule has 1 atom stereocenters. The number of Topliss-reactive ketones (excluding diaryl/α,β-unsaturated/α-hetero) is 1. The summed E-state index contributed by atoms with van der Waals surface area (Å²) in [7, 11) is 0. The normalized spacial score (nSPS) is 12.0. The maximum Gasteiger partial charge on any atom is 0.311 e. The highest BCUT2D eigenvalue weighted by Gasteiger charge is 2.27. The maximum atomic E-state index is 11.9. The van der Waals surface area contributed by atoms with Gasteiger partial charge in [0.2, 0.25) is 0 Å². The Morgan fingerprint density at radius 1 is 1.20 bits per heavy atom. The highest BCUT2D eigenvalue weighted by atomic mass is 32.1. The van der Waals surface area contributed by atoms with E-state index in [1.54, 1.807) is 6.07 Å². The van der Waals surface area contributed by atoms with Gasteiger partial charge < -0.3 is 5.11 Å². The first-order valence-corrected chi connectivity index (χ1v) is 9.03. The fourth-order valence-corrected chi connectivity index (χ4v) is 3.91. The molecule has 0 aliphatic heterocycles. The number of hydrogen-bond donors (Lipinski definition) is 1. The number of terminal acetylenes is 1. The van der Waals surface area contributed by atoms with Crippen molar-refractivity contribution in [3.8, 4) is 12.3 Å². The molecule has 0 bridgehead atoms. The van der Waals surface area contributed by atoms with Crippen LogP contribution in [-0.2, 0) is 17.6 Å². The molecule has 0 fully saturated rings. The molecule has 1 aromatic carbocycles. The van der Waals surface area contributed by atoms with E-state index in [9.17, 15) is 14.7 Å². The summed E-state index contributed by atoms with van der Waals surface area (Å²) in [6, 6.07) is 9.48. The molecule has 0 aliphatic carbocycles. The van der Waals surface area contributed by atoms with Gasteiger partial charge in [-0.2, -0.15) is 0 Å². The predicted molar refractivity (Wildman–Crippen MR) is 101 cm³/mol. The third-order valence-corrected chi connectivity index (χ3v) is 5.66. The molecule has 130 valence electrons. The van der Waals surface area contributed by atoms with E-state index in [0.717, 1.165) is 21.6 Å². The van der Waals surface area contributed by atoms with Gasteiger partial charge in [-0.3, -0.25) is 9.59 Å². The minimum absolute atomic E-state index is 0.0269. The van der Waals surface area contributed by atoms with Gasteiger partial charge in [-0.25, -0.2) is 0 Å². The van der Waals surface area contributed by atoms with Gasteiger partial charge in [0.05, 0.1) is 10.8 Å². The van der Waals surface area contributed by atoms with Crippen LogP contribution in [0.25, 0.3) is 0 Å². The van der Waals surface area contributed by atoms with Crippen LogP contribution >= 0.6 is 11.3 Å². The Morgan fingerprint density at radius 2 is 1.80 bits per heavy atom. The van der Waals surface area contributed by atoms with E-state index < -0.39 is 11.9 Å². The van der Waals surface area contributed by atoms with Crippen molar-refractivity contribution in [2.45, 2.75) is 45.4 Å². The lowest BCUT2D eigenvalue weighted by atomic mass is 9.89. The van der Waals surface area contributed by atoms with Gasteiger partial charge >= 0.3 is 5.97 Å². The molecule has 1 N–H and O–H groups in total. The van der Waals surface area contributed by atoms with Crippen molar-refractivity contribution >= 4 is 23.1 Å². The van der Waals surface area contributed by atoms with Crippen LogP contribution in [0.1, 0.15) is 63.8 Å². The Hall–Kier alpha value is -2.38. The first-order valence-electron chi connectivity index (χ1n) is 8.22. The largest absolute Gasteiger partial charge is 0.481 e. The van der Waals surface area contributed by atoms with Gasteiger partial charge in [0.15, 0.2) is 5.78 Å². The number of ketones is 1. The molecule has 0 amide bonds. The first-order chi connectivity index (χ1) is 11.8. The molecule has 0 aliphatic rings. The van der Waals surface area contributed by atoms with Crippen LogP contribution in [0.15, 0.2) is 30.3 Å². The van der Waals surface area contributed by atoms with Gasteiger partial charge in [-0.15, -0.1) is 23.7 Å². The molecule has 25 heavy (non-hydrogen) atoms. The van der Waals surface area contributed by atoms with Crippen molar-refractivity contribution in [1.82, 2.24) is 0 Å². The zero-order chi connectivity index (χ0) is 18.6. The lowest BCUT2D eigenvalue weighted by Crippen LogP contribution is -2.15. The molecule has 1 heterocycles. The number of benzene rings is 1. The fraction of sp³-hybridized carbons (Fsp3) is 0.333. The Labute approximate surface area is 152 Å². The van der Waals surface area contributed by atoms with E-state index in [-0.39, 0.29) is 11.7 Å². The monoisotopic (exact) mass is 354 g/mol. The third-order valence-electron chi connectivity index (χ3n) is 4.10. The average Bonchev–Trinajstić information content (AvgIpc) is 2.99. The molecule has 4 heteroatoms. The summed E-state index contributed by atoms with van der Waals surface area (Å²) in [5, 5.41) is 9.77. The second-order valence-electron chi connectivity index (χ2n) is 6.43. The zero-order valence-electron chi connectivity index (χ0n) is 14.7.